The highest BCUT2D eigenvalue weighted by molar-refractivity contribution is 6.09. The third-order valence-corrected chi connectivity index (χ3v) is 5.31. The molecule has 2 aromatic carbocycles. The number of rotatable bonds is 7. The van der Waals surface area contributed by atoms with Crippen LogP contribution in [0.3, 0.4) is 0 Å². The van der Waals surface area contributed by atoms with Crippen molar-refractivity contribution in [1.29, 1.82) is 0 Å². The van der Waals surface area contributed by atoms with Crippen molar-refractivity contribution in [2.24, 2.45) is 0 Å². The maximum absolute atomic E-state index is 13.9. The van der Waals surface area contributed by atoms with Crippen LogP contribution in [0.1, 0.15) is 25.0 Å². The van der Waals surface area contributed by atoms with Gasteiger partial charge in [-0.15, -0.1) is 0 Å². The van der Waals surface area contributed by atoms with Crippen LogP contribution >= 0.6 is 0 Å². The molecule has 0 radical (unpaired) electrons. The number of carbonyl (C=O) groups excluding carboxylic acids is 3. The first-order valence-corrected chi connectivity index (χ1v) is 9.70. The first-order valence-electron chi connectivity index (χ1n) is 9.70. The van der Waals surface area contributed by atoms with E-state index in [0.29, 0.717) is 17.7 Å². The van der Waals surface area contributed by atoms with Crippen LogP contribution < -0.4 is 10.1 Å². The monoisotopic (exact) mass is 431 g/mol. The molecule has 164 valence electrons. The quantitative estimate of drug-likeness (QED) is 0.684. The zero-order chi connectivity index (χ0) is 22.8. The van der Waals surface area contributed by atoms with E-state index < -0.39 is 41.6 Å². The summed E-state index contributed by atoms with van der Waals surface area (Å²) in [7, 11) is 1.36. The van der Waals surface area contributed by atoms with E-state index in [2.05, 4.69) is 5.32 Å². The van der Waals surface area contributed by atoms with Gasteiger partial charge in [-0.05, 0) is 49.2 Å². The van der Waals surface area contributed by atoms with Crippen LogP contribution in [0.25, 0.3) is 0 Å². The van der Waals surface area contributed by atoms with Gasteiger partial charge >= 0.3 is 6.03 Å². The Hall–Kier alpha value is -3.49. The van der Waals surface area contributed by atoms with Crippen molar-refractivity contribution in [3.05, 3.63) is 65.2 Å². The van der Waals surface area contributed by atoms with Gasteiger partial charge in [-0.1, -0.05) is 18.2 Å². The smallest absolute Gasteiger partial charge is 0.325 e. The molecule has 0 spiro atoms. The van der Waals surface area contributed by atoms with Gasteiger partial charge in [-0.2, -0.15) is 0 Å². The van der Waals surface area contributed by atoms with Crippen LogP contribution in [0.5, 0.6) is 5.75 Å². The van der Waals surface area contributed by atoms with Gasteiger partial charge in [0, 0.05) is 13.1 Å². The van der Waals surface area contributed by atoms with Crippen molar-refractivity contribution in [1.82, 2.24) is 15.1 Å². The lowest BCUT2D eigenvalue weighted by Gasteiger charge is -2.25. The number of hydrogen-bond donors (Lipinski definition) is 1. The molecule has 1 heterocycles. The van der Waals surface area contributed by atoms with Gasteiger partial charge in [0.15, 0.2) is 11.6 Å². The third kappa shape index (κ3) is 4.35. The number of hydrogen-bond acceptors (Lipinski definition) is 4. The van der Waals surface area contributed by atoms with Gasteiger partial charge < -0.3 is 15.0 Å². The second-order valence-corrected chi connectivity index (χ2v) is 7.33. The Kier molecular flexibility index (Phi) is 6.24. The summed E-state index contributed by atoms with van der Waals surface area (Å²) in [6.07, 6.45) is 0. The lowest BCUT2D eigenvalue weighted by Crippen LogP contribution is -2.44. The molecule has 0 saturated carbocycles. The van der Waals surface area contributed by atoms with Crippen LogP contribution in [0.4, 0.5) is 13.6 Å². The molecular formula is C22H23F2N3O4. The number of likely N-dealkylation sites (N-methyl/N-ethyl adjacent to an activating group) is 1. The average Bonchev–Trinajstić information content (AvgIpc) is 2.96. The number of imide groups is 1. The highest BCUT2D eigenvalue weighted by atomic mass is 19.1. The summed E-state index contributed by atoms with van der Waals surface area (Å²) in [5, 5.41) is 2.58. The summed E-state index contributed by atoms with van der Waals surface area (Å²) >= 11 is 0. The standard InChI is InChI=1S/C22H23F2N3O4/c1-4-26(12-14-5-10-18(31-3)17(24)11-14)19(28)13-27-20(29)22(2,25-21(27)30)15-6-8-16(23)9-7-15/h5-11H,4,12-13H2,1-3H3,(H,25,30). The molecule has 0 aliphatic carbocycles. The average molecular weight is 431 g/mol. The molecule has 2 aromatic rings. The van der Waals surface area contributed by atoms with Gasteiger partial charge in [-0.25, -0.2) is 13.6 Å². The van der Waals surface area contributed by atoms with Crippen molar-refractivity contribution in [3.63, 3.8) is 0 Å². The molecule has 1 N–H and O–H groups in total. The van der Waals surface area contributed by atoms with Crippen molar-refractivity contribution in [2.45, 2.75) is 25.9 Å². The number of nitrogens with one attached hydrogen (secondary N) is 1. The minimum Gasteiger partial charge on any atom is -0.494 e. The highest BCUT2D eigenvalue weighted by Gasteiger charge is 2.49. The van der Waals surface area contributed by atoms with Crippen molar-refractivity contribution in [3.8, 4) is 5.75 Å². The Bertz CT molecular complexity index is 1010. The predicted molar refractivity (Wildman–Crippen MR) is 108 cm³/mol. The summed E-state index contributed by atoms with van der Waals surface area (Å²) in [6, 6.07) is 8.88. The van der Waals surface area contributed by atoms with E-state index in [4.69, 9.17) is 4.74 Å². The number of urea groups is 1. The molecule has 1 atom stereocenters. The lowest BCUT2D eigenvalue weighted by atomic mass is 9.92. The lowest BCUT2D eigenvalue weighted by molar-refractivity contribution is -0.139. The minimum atomic E-state index is -1.40. The Labute approximate surface area is 178 Å². The summed E-state index contributed by atoms with van der Waals surface area (Å²) in [5.74, 6) is -2.00. The fraction of sp³-hybridized carbons (Fsp3) is 0.318. The number of halogens is 2. The SMILES string of the molecule is CCN(Cc1ccc(OC)c(F)c1)C(=O)CN1C(=O)NC(C)(c2ccc(F)cc2)C1=O. The molecule has 1 unspecified atom stereocenters. The summed E-state index contributed by atoms with van der Waals surface area (Å²) < 4.78 is 32.1. The number of amides is 4. The van der Waals surface area contributed by atoms with Crippen molar-refractivity contribution < 1.29 is 27.9 Å². The molecule has 31 heavy (non-hydrogen) atoms. The Morgan fingerprint density at radius 1 is 1.16 bits per heavy atom. The highest BCUT2D eigenvalue weighted by Crippen LogP contribution is 2.29. The number of carbonyl (C=O) groups is 3. The maximum atomic E-state index is 13.9. The van der Waals surface area contributed by atoms with Gasteiger partial charge in [0.25, 0.3) is 5.91 Å². The first kappa shape index (κ1) is 22.2. The predicted octanol–water partition coefficient (Wildman–Crippen LogP) is 2.79. The van der Waals surface area contributed by atoms with Crippen LogP contribution in [0.15, 0.2) is 42.5 Å². The van der Waals surface area contributed by atoms with Gasteiger partial charge in [0.05, 0.1) is 7.11 Å². The van der Waals surface area contributed by atoms with E-state index in [1.165, 1.54) is 55.3 Å². The summed E-state index contributed by atoms with van der Waals surface area (Å²) in [4.78, 5) is 40.5. The third-order valence-electron chi connectivity index (χ3n) is 5.31. The fourth-order valence-corrected chi connectivity index (χ4v) is 3.46. The van der Waals surface area contributed by atoms with Crippen LogP contribution in [0.2, 0.25) is 0 Å². The number of methoxy groups -OCH3 is 1. The summed E-state index contributed by atoms with van der Waals surface area (Å²) in [5.41, 5.74) is -0.452. The van der Waals surface area contributed by atoms with Crippen LogP contribution in [-0.4, -0.2) is 47.8 Å². The molecule has 7 nitrogen and oxygen atoms in total. The van der Waals surface area contributed by atoms with E-state index >= 15 is 0 Å². The van der Waals surface area contributed by atoms with Crippen LogP contribution in [0, 0.1) is 11.6 Å². The fourth-order valence-electron chi connectivity index (χ4n) is 3.46. The number of ether oxygens (including phenoxy) is 1. The van der Waals surface area contributed by atoms with Gasteiger partial charge in [0.2, 0.25) is 5.91 Å². The van der Waals surface area contributed by atoms with E-state index in [9.17, 15) is 23.2 Å². The number of nitrogens with zero attached hydrogens (tertiary/aromatic N) is 2. The van der Waals surface area contributed by atoms with E-state index in [1.807, 2.05) is 0 Å². The molecule has 1 aliphatic heterocycles. The Balaban J connectivity index is 1.73. The van der Waals surface area contributed by atoms with Crippen molar-refractivity contribution >= 4 is 17.8 Å². The van der Waals surface area contributed by atoms with Gasteiger partial charge in [0.1, 0.15) is 17.9 Å². The first-order chi connectivity index (χ1) is 14.7. The Morgan fingerprint density at radius 2 is 1.84 bits per heavy atom. The molecule has 1 aliphatic rings. The minimum absolute atomic E-state index is 0.0949. The molecule has 4 amide bonds. The van der Waals surface area contributed by atoms with Crippen LogP contribution in [-0.2, 0) is 21.7 Å². The Morgan fingerprint density at radius 3 is 2.42 bits per heavy atom. The second-order valence-electron chi connectivity index (χ2n) is 7.33. The van der Waals surface area contributed by atoms with E-state index in [1.54, 1.807) is 13.0 Å². The molecular weight excluding hydrogens is 408 g/mol. The van der Waals surface area contributed by atoms with Crippen molar-refractivity contribution in [2.75, 3.05) is 20.2 Å². The normalized spacial score (nSPS) is 18.2. The molecule has 0 aromatic heterocycles. The number of benzene rings is 2. The topological polar surface area (TPSA) is 79.0 Å². The molecule has 1 fully saturated rings. The van der Waals surface area contributed by atoms with E-state index in [-0.39, 0.29) is 12.3 Å². The second kappa shape index (κ2) is 8.71. The van der Waals surface area contributed by atoms with E-state index in [0.717, 1.165) is 4.90 Å². The molecule has 1 saturated heterocycles. The summed E-state index contributed by atoms with van der Waals surface area (Å²) in [6.45, 7) is 3.18. The largest absolute Gasteiger partial charge is 0.494 e. The van der Waals surface area contributed by atoms with Gasteiger partial charge in [-0.3, -0.25) is 14.5 Å². The zero-order valence-corrected chi connectivity index (χ0v) is 17.4. The maximum Gasteiger partial charge on any atom is 0.325 e. The molecule has 0 bridgehead atoms. The molecule has 9 heteroatoms. The zero-order valence-electron chi connectivity index (χ0n) is 17.4. The molecule has 3 rings (SSSR count).